The van der Waals surface area contributed by atoms with Gasteiger partial charge in [-0.1, -0.05) is 0 Å². The summed E-state index contributed by atoms with van der Waals surface area (Å²) in [7, 11) is 3.73. The van der Waals surface area contributed by atoms with E-state index in [1.54, 1.807) is 6.92 Å². The smallest absolute Gasteiger partial charge is 0.371 e. The molecule has 17 heavy (non-hydrogen) atoms. The minimum Gasteiger partial charge on any atom is -0.475 e. The average Bonchev–Trinajstić information content (AvgIpc) is 2.61. The number of carboxylic acid groups (broad SMARTS) is 1. The Bertz CT molecular complexity index is 385. The lowest BCUT2D eigenvalue weighted by molar-refractivity contribution is 0.0456. The van der Waals surface area contributed by atoms with Crippen molar-refractivity contribution in [1.29, 1.82) is 0 Å². The van der Waals surface area contributed by atoms with Crippen molar-refractivity contribution in [3.05, 3.63) is 17.9 Å². The van der Waals surface area contributed by atoms with Gasteiger partial charge in [-0.3, -0.25) is 0 Å². The van der Waals surface area contributed by atoms with Crippen molar-refractivity contribution in [2.45, 2.75) is 12.5 Å². The summed E-state index contributed by atoms with van der Waals surface area (Å²) in [4.78, 5) is 12.5. The Morgan fingerprint density at radius 1 is 1.53 bits per heavy atom. The summed E-state index contributed by atoms with van der Waals surface area (Å²) in [5.41, 5.74) is -0.917. The summed E-state index contributed by atoms with van der Waals surface area (Å²) < 4.78 is 5.01. The number of carbonyl (C=O) groups is 1. The van der Waals surface area contributed by atoms with Gasteiger partial charge in [0.25, 0.3) is 0 Å². The molecule has 96 valence electrons. The van der Waals surface area contributed by atoms with Crippen LogP contribution in [0.15, 0.2) is 16.5 Å². The van der Waals surface area contributed by atoms with Crippen molar-refractivity contribution in [3.63, 3.8) is 0 Å². The van der Waals surface area contributed by atoms with Gasteiger partial charge < -0.3 is 24.8 Å². The zero-order valence-corrected chi connectivity index (χ0v) is 10.2. The molecule has 0 bridgehead atoms. The van der Waals surface area contributed by atoms with Crippen LogP contribution in [0.4, 0.5) is 5.88 Å². The minimum absolute atomic E-state index is 0.125. The third kappa shape index (κ3) is 4.46. The van der Waals surface area contributed by atoms with Crippen molar-refractivity contribution in [2.24, 2.45) is 0 Å². The molecule has 1 rings (SSSR count). The van der Waals surface area contributed by atoms with E-state index in [9.17, 15) is 9.90 Å². The van der Waals surface area contributed by atoms with Crippen molar-refractivity contribution in [2.75, 3.05) is 32.5 Å². The van der Waals surface area contributed by atoms with Crippen LogP contribution in [0.2, 0.25) is 0 Å². The van der Waals surface area contributed by atoms with Gasteiger partial charge in [0.1, 0.15) is 0 Å². The molecule has 0 spiro atoms. The maximum absolute atomic E-state index is 10.6. The van der Waals surface area contributed by atoms with E-state index in [1.165, 1.54) is 12.1 Å². The molecule has 1 aromatic rings. The molecule has 0 aliphatic heterocycles. The predicted octanol–water partition coefficient (Wildman–Crippen LogP) is 0.702. The highest BCUT2D eigenvalue weighted by Crippen LogP contribution is 2.14. The number of rotatable bonds is 6. The van der Waals surface area contributed by atoms with Crippen molar-refractivity contribution in [1.82, 2.24) is 4.90 Å². The summed E-state index contributed by atoms with van der Waals surface area (Å²) in [6.45, 7) is 2.46. The van der Waals surface area contributed by atoms with E-state index in [0.29, 0.717) is 12.4 Å². The fourth-order valence-electron chi connectivity index (χ4n) is 1.56. The van der Waals surface area contributed by atoms with Gasteiger partial charge in [-0.25, -0.2) is 4.79 Å². The van der Waals surface area contributed by atoms with Gasteiger partial charge in [0.2, 0.25) is 5.76 Å². The van der Waals surface area contributed by atoms with E-state index in [4.69, 9.17) is 9.52 Å². The fraction of sp³-hybridized carbons (Fsp3) is 0.545. The number of hydrogen-bond donors (Lipinski definition) is 3. The molecule has 0 radical (unpaired) electrons. The first-order valence-corrected chi connectivity index (χ1v) is 5.24. The molecular weight excluding hydrogens is 224 g/mol. The van der Waals surface area contributed by atoms with Crippen LogP contribution in [0.1, 0.15) is 17.5 Å². The lowest BCUT2D eigenvalue weighted by atomic mass is 10.1. The van der Waals surface area contributed by atoms with Crippen LogP contribution >= 0.6 is 0 Å². The Kier molecular flexibility index (Phi) is 4.14. The normalized spacial score (nSPS) is 14.6. The number of carboxylic acids is 1. The summed E-state index contributed by atoms with van der Waals surface area (Å²) >= 11 is 0. The van der Waals surface area contributed by atoms with Gasteiger partial charge in [-0.15, -0.1) is 0 Å². The number of nitrogens with zero attached hydrogens (tertiary/aromatic N) is 1. The zero-order valence-electron chi connectivity index (χ0n) is 10.2. The van der Waals surface area contributed by atoms with Gasteiger partial charge in [-0.05, 0) is 27.1 Å². The monoisotopic (exact) mass is 242 g/mol. The predicted molar refractivity (Wildman–Crippen MR) is 63.3 cm³/mol. The number of likely N-dealkylation sites (N-methyl/N-ethyl adjacent to an activating group) is 1. The van der Waals surface area contributed by atoms with Crippen LogP contribution in [0.3, 0.4) is 0 Å². The van der Waals surface area contributed by atoms with Crippen LogP contribution in [-0.4, -0.2) is 53.9 Å². The maximum atomic E-state index is 10.6. The Labute approximate surface area is 99.8 Å². The number of aliphatic hydroxyl groups is 1. The highest BCUT2D eigenvalue weighted by atomic mass is 16.4. The highest BCUT2D eigenvalue weighted by Gasteiger charge is 2.21. The van der Waals surface area contributed by atoms with E-state index >= 15 is 0 Å². The van der Waals surface area contributed by atoms with E-state index in [2.05, 4.69) is 5.32 Å². The Hall–Kier alpha value is -1.53. The largest absolute Gasteiger partial charge is 0.475 e. The molecule has 6 heteroatoms. The first-order chi connectivity index (χ1) is 7.80. The summed E-state index contributed by atoms with van der Waals surface area (Å²) in [5.74, 6) is -0.903. The number of furan rings is 1. The topological polar surface area (TPSA) is 85.9 Å². The number of nitrogens with one attached hydrogen (secondary N) is 1. The maximum Gasteiger partial charge on any atom is 0.371 e. The van der Waals surface area contributed by atoms with Gasteiger partial charge in [0.15, 0.2) is 5.88 Å². The zero-order chi connectivity index (χ0) is 13.1. The fourth-order valence-corrected chi connectivity index (χ4v) is 1.56. The third-order valence-corrected chi connectivity index (χ3v) is 2.12. The quantitative estimate of drug-likeness (QED) is 0.681. The van der Waals surface area contributed by atoms with Gasteiger partial charge in [0.05, 0.1) is 5.60 Å². The Morgan fingerprint density at radius 3 is 2.65 bits per heavy atom. The lowest BCUT2D eigenvalue weighted by Gasteiger charge is -2.26. The molecule has 0 aliphatic rings. The molecule has 0 saturated carbocycles. The van der Waals surface area contributed by atoms with Gasteiger partial charge >= 0.3 is 5.97 Å². The number of aromatic carboxylic acids is 1. The molecule has 3 N–H and O–H groups in total. The average molecular weight is 242 g/mol. The molecule has 0 fully saturated rings. The van der Waals surface area contributed by atoms with E-state index in [-0.39, 0.29) is 12.3 Å². The number of anilines is 1. The second-order valence-corrected chi connectivity index (χ2v) is 4.56. The van der Waals surface area contributed by atoms with Crippen LogP contribution in [0.25, 0.3) is 0 Å². The van der Waals surface area contributed by atoms with E-state index in [1.807, 2.05) is 19.0 Å². The molecular formula is C11H18N2O4. The highest BCUT2D eigenvalue weighted by molar-refractivity contribution is 5.84. The van der Waals surface area contributed by atoms with Gasteiger partial charge in [0, 0.05) is 19.2 Å². The summed E-state index contributed by atoms with van der Waals surface area (Å²) in [5, 5.41) is 21.5. The van der Waals surface area contributed by atoms with Crippen LogP contribution in [0.5, 0.6) is 0 Å². The molecule has 6 nitrogen and oxygen atoms in total. The third-order valence-electron chi connectivity index (χ3n) is 2.12. The molecule has 1 heterocycles. The lowest BCUT2D eigenvalue weighted by Crippen LogP contribution is -2.42. The second-order valence-electron chi connectivity index (χ2n) is 4.56. The summed E-state index contributed by atoms with van der Waals surface area (Å²) in [6, 6.07) is 2.89. The van der Waals surface area contributed by atoms with Crippen LogP contribution < -0.4 is 5.32 Å². The minimum atomic E-state index is -1.11. The molecule has 1 unspecified atom stereocenters. The van der Waals surface area contributed by atoms with Crippen LogP contribution in [-0.2, 0) is 0 Å². The molecule has 0 amide bonds. The molecule has 0 aliphatic carbocycles. The van der Waals surface area contributed by atoms with Crippen LogP contribution in [0, 0.1) is 0 Å². The standard InChI is InChI=1S/C11H18N2O4/c1-11(16,7-13(2)3)6-12-9-5-4-8(17-9)10(14)15/h4-5,12,16H,6-7H2,1-3H3,(H,14,15). The Balaban J connectivity index is 2.52. The molecule has 0 saturated heterocycles. The molecule has 1 atom stereocenters. The van der Waals surface area contributed by atoms with Gasteiger partial charge in [-0.2, -0.15) is 0 Å². The Morgan fingerprint density at radius 2 is 2.18 bits per heavy atom. The van der Waals surface area contributed by atoms with Crippen molar-refractivity contribution in [3.8, 4) is 0 Å². The van der Waals surface area contributed by atoms with Crippen molar-refractivity contribution < 1.29 is 19.4 Å². The molecule has 1 aromatic heterocycles. The summed E-state index contributed by atoms with van der Waals surface area (Å²) in [6.07, 6.45) is 0. The van der Waals surface area contributed by atoms with Crippen molar-refractivity contribution >= 4 is 11.9 Å². The SMILES string of the molecule is CN(C)CC(C)(O)CNc1ccc(C(=O)O)o1. The van der Waals surface area contributed by atoms with E-state index < -0.39 is 11.6 Å². The molecule has 0 aromatic carbocycles. The first kappa shape index (κ1) is 13.5. The number of hydrogen-bond acceptors (Lipinski definition) is 5. The second kappa shape index (κ2) is 5.20. The van der Waals surface area contributed by atoms with E-state index in [0.717, 1.165) is 0 Å². The first-order valence-electron chi connectivity index (χ1n) is 5.24.